The fraction of sp³-hybridized carbons (Fsp3) is 0.133. The van der Waals surface area contributed by atoms with Crippen molar-refractivity contribution in [1.29, 1.82) is 0 Å². The van der Waals surface area contributed by atoms with E-state index in [0.717, 1.165) is 6.07 Å². The van der Waals surface area contributed by atoms with Gasteiger partial charge in [-0.05, 0) is 37.3 Å². The molecule has 6 nitrogen and oxygen atoms in total. The number of nitrogens with two attached hydrogens (primary N) is 1. The van der Waals surface area contributed by atoms with Gasteiger partial charge < -0.3 is 10.1 Å². The van der Waals surface area contributed by atoms with E-state index in [1.54, 1.807) is 6.92 Å². The molecule has 23 heavy (non-hydrogen) atoms. The Labute approximate surface area is 133 Å². The molecule has 0 atom stereocenters. The number of anilines is 1. The first-order valence-corrected chi connectivity index (χ1v) is 8.23. The quantitative estimate of drug-likeness (QED) is 0.872. The average molecular weight is 338 g/mol. The molecule has 2 aromatic carbocycles. The Bertz CT molecular complexity index is 837. The van der Waals surface area contributed by atoms with Crippen LogP contribution < -0.4 is 15.2 Å². The normalized spacial score (nSPS) is 11.1. The molecule has 122 valence electrons. The molecule has 0 saturated carbocycles. The first-order chi connectivity index (χ1) is 10.8. The second kappa shape index (κ2) is 6.76. The molecule has 0 spiro atoms. The van der Waals surface area contributed by atoms with Crippen molar-refractivity contribution < 1.29 is 22.3 Å². The van der Waals surface area contributed by atoms with Crippen LogP contribution in [0.3, 0.4) is 0 Å². The van der Waals surface area contributed by atoms with Gasteiger partial charge in [0.25, 0.3) is 5.91 Å². The number of rotatable bonds is 5. The fourth-order valence-electron chi connectivity index (χ4n) is 1.90. The van der Waals surface area contributed by atoms with Gasteiger partial charge in [-0.15, -0.1) is 0 Å². The van der Waals surface area contributed by atoms with Crippen LogP contribution in [0.5, 0.6) is 5.75 Å². The van der Waals surface area contributed by atoms with Crippen molar-refractivity contribution in [3.63, 3.8) is 0 Å². The molecule has 2 aromatic rings. The second-order valence-electron chi connectivity index (χ2n) is 4.57. The zero-order chi connectivity index (χ0) is 17.0. The van der Waals surface area contributed by atoms with Crippen LogP contribution in [0.4, 0.5) is 10.1 Å². The Balaban J connectivity index is 2.40. The minimum Gasteiger partial charge on any atom is -0.492 e. The van der Waals surface area contributed by atoms with E-state index in [-0.39, 0.29) is 21.9 Å². The Morgan fingerprint density at radius 3 is 2.57 bits per heavy atom. The van der Waals surface area contributed by atoms with Crippen LogP contribution >= 0.6 is 0 Å². The van der Waals surface area contributed by atoms with Crippen molar-refractivity contribution in [1.82, 2.24) is 0 Å². The van der Waals surface area contributed by atoms with E-state index in [2.05, 4.69) is 5.32 Å². The number of halogens is 1. The van der Waals surface area contributed by atoms with Gasteiger partial charge in [-0.1, -0.05) is 12.1 Å². The van der Waals surface area contributed by atoms with E-state index in [4.69, 9.17) is 9.88 Å². The molecule has 2 rings (SSSR count). The smallest absolute Gasteiger partial charge is 0.258 e. The third kappa shape index (κ3) is 4.05. The Morgan fingerprint density at radius 1 is 1.26 bits per heavy atom. The summed E-state index contributed by atoms with van der Waals surface area (Å²) in [5.74, 6) is -1.16. The van der Waals surface area contributed by atoms with E-state index in [1.165, 1.54) is 36.4 Å². The first-order valence-electron chi connectivity index (χ1n) is 6.68. The number of sulfonamides is 1. The SMILES string of the molecule is CCOc1ccc(S(N)(=O)=O)cc1NC(=O)c1ccccc1F. The van der Waals surface area contributed by atoms with Crippen LogP contribution in [0.15, 0.2) is 47.4 Å². The van der Waals surface area contributed by atoms with Gasteiger partial charge in [-0.25, -0.2) is 17.9 Å². The van der Waals surface area contributed by atoms with Crippen molar-refractivity contribution in [3.8, 4) is 5.75 Å². The molecule has 0 radical (unpaired) electrons. The van der Waals surface area contributed by atoms with Crippen molar-refractivity contribution in [2.24, 2.45) is 5.14 Å². The molecule has 3 N–H and O–H groups in total. The summed E-state index contributed by atoms with van der Waals surface area (Å²) in [7, 11) is -3.95. The summed E-state index contributed by atoms with van der Waals surface area (Å²) in [5, 5.41) is 7.52. The lowest BCUT2D eigenvalue weighted by molar-refractivity contribution is 0.102. The molecule has 0 aliphatic heterocycles. The first kappa shape index (κ1) is 16.9. The molecule has 0 fully saturated rings. The van der Waals surface area contributed by atoms with Gasteiger partial charge in [0.15, 0.2) is 0 Å². The van der Waals surface area contributed by atoms with Gasteiger partial charge in [0.2, 0.25) is 10.0 Å². The monoisotopic (exact) mass is 338 g/mol. The number of carbonyl (C=O) groups is 1. The predicted octanol–water partition coefficient (Wildman–Crippen LogP) is 2.12. The van der Waals surface area contributed by atoms with Crippen LogP contribution in [-0.4, -0.2) is 20.9 Å². The molecule has 8 heteroatoms. The predicted molar refractivity (Wildman–Crippen MR) is 83.3 cm³/mol. The van der Waals surface area contributed by atoms with Crippen molar-refractivity contribution in [2.45, 2.75) is 11.8 Å². The molecule has 0 aliphatic carbocycles. The minimum atomic E-state index is -3.95. The summed E-state index contributed by atoms with van der Waals surface area (Å²) in [6.07, 6.45) is 0. The zero-order valence-electron chi connectivity index (χ0n) is 12.2. The highest BCUT2D eigenvalue weighted by Gasteiger charge is 2.16. The second-order valence-corrected chi connectivity index (χ2v) is 6.13. The van der Waals surface area contributed by atoms with E-state index in [9.17, 15) is 17.6 Å². The van der Waals surface area contributed by atoms with Gasteiger partial charge in [0.05, 0.1) is 22.8 Å². The maximum atomic E-state index is 13.7. The van der Waals surface area contributed by atoms with Gasteiger partial charge in [-0.3, -0.25) is 4.79 Å². The number of hydrogen-bond donors (Lipinski definition) is 2. The largest absolute Gasteiger partial charge is 0.492 e. The molecule has 0 saturated heterocycles. The lowest BCUT2D eigenvalue weighted by atomic mass is 10.2. The molecular formula is C15H15FN2O4S. The Kier molecular flexibility index (Phi) is 4.97. The molecule has 0 bridgehead atoms. The molecule has 0 aliphatic rings. The summed E-state index contributed by atoms with van der Waals surface area (Å²) in [5.41, 5.74) is -0.0809. The van der Waals surface area contributed by atoms with E-state index < -0.39 is 21.7 Å². The van der Waals surface area contributed by atoms with Gasteiger partial charge in [0.1, 0.15) is 11.6 Å². The maximum Gasteiger partial charge on any atom is 0.258 e. The fourth-order valence-corrected chi connectivity index (χ4v) is 2.44. The molecule has 0 heterocycles. The van der Waals surface area contributed by atoms with Gasteiger partial charge in [0, 0.05) is 0 Å². The average Bonchev–Trinajstić information content (AvgIpc) is 2.48. The summed E-state index contributed by atoms with van der Waals surface area (Å²) < 4.78 is 41.8. The van der Waals surface area contributed by atoms with Gasteiger partial charge >= 0.3 is 0 Å². The lowest BCUT2D eigenvalue weighted by Gasteiger charge is -2.13. The highest BCUT2D eigenvalue weighted by atomic mass is 32.2. The number of nitrogens with one attached hydrogen (secondary N) is 1. The van der Waals surface area contributed by atoms with Crippen LogP contribution in [-0.2, 0) is 10.0 Å². The van der Waals surface area contributed by atoms with Crippen LogP contribution in [0.25, 0.3) is 0 Å². The summed E-state index contributed by atoms with van der Waals surface area (Å²) in [6.45, 7) is 2.04. The number of benzene rings is 2. The van der Waals surface area contributed by atoms with Crippen LogP contribution in [0.2, 0.25) is 0 Å². The van der Waals surface area contributed by atoms with Crippen molar-refractivity contribution in [3.05, 3.63) is 53.8 Å². The molecule has 0 unspecified atom stereocenters. The maximum absolute atomic E-state index is 13.7. The van der Waals surface area contributed by atoms with E-state index in [0.29, 0.717) is 6.61 Å². The number of amides is 1. The molecular weight excluding hydrogens is 323 g/mol. The number of ether oxygens (including phenoxy) is 1. The Hall–Kier alpha value is -2.45. The standard InChI is InChI=1S/C15H15FN2O4S/c1-2-22-14-8-7-10(23(17,20)21)9-13(14)18-15(19)11-5-3-4-6-12(11)16/h3-9H,2H2,1H3,(H,18,19)(H2,17,20,21). The third-order valence-electron chi connectivity index (χ3n) is 2.95. The minimum absolute atomic E-state index is 0.0895. The third-order valence-corrected chi connectivity index (χ3v) is 3.86. The lowest BCUT2D eigenvalue weighted by Crippen LogP contribution is -2.16. The van der Waals surface area contributed by atoms with Crippen LogP contribution in [0.1, 0.15) is 17.3 Å². The van der Waals surface area contributed by atoms with Gasteiger partial charge in [-0.2, -0.15) is 0 Å². The number of hydrogen-bond acceptors (Lipinski definition) is 4. The summed E-state index contributed by atoms with van der Waals surface area (Å²) in [4.78, 5) is 12.0. The van der Waals surface area contributed by atoms with Crippen LogP contribution in [0, 0.1) is 5.82 Å². The summed E-state index contributed by atoms with van der Waals surface area (Å²) >= 11 is 0. The molecule has 0 aromatic heterocycles. The topological polar surface area (TPSA) is 98.5 Å². The number of carbonyl (C=O) groups excluding carboxylic acids is 1. The van der Waals surface area contributed by atoms with Crippen molar-refractivity contribution >= 4 is 21.6 Å². The zero-order valence-corrected chi connectivity index (χ0v) is 13.1. The van der Waals surface area contributed by atoms with E-state index >= 15 is 0 Å². The Morgan fingerprint density at radius 2 is 1.96 bits per heavy atom. The van der Waals surface area contributed by atoms with E-state index in [1.807, 2.05) is 0 Å². The highest BCUT2D eigenvalue weighted by Crippen LogP contribution is 2.28. The summed E-state index contributed by atoms with van der Waals surface area (Å²) in [6, 6.07) is 9.24. The number of primary sulfonamides is 1. The highest BCUT2D eigenvalue weighted by molar-refractivity contribution is 7.89. The van der Waals surface area contributed by atoms with Crippen molar-refractivity contribution in [2.75, 3.05) is 11.9 Å². The molecule has 1 amide bonds.